The Kier molecular flexibility index (Phi) is 1.91. The topological polar surface area (TPSA) is 52.0 Å². The van der Waals surface area contributed by atoms with Gasteiger partial charge in [-0.25, -0.2) is 4.98 Å². The summed E-state index contributed by atoms with van der Waals surface area (Å²) in [5, 5.41) is 0. The van der Waals surface area contributed by atoms with Crippen molar-refractivity contribution in [3.63, 3.8) is 0 Å². The van der Waals surface area contributed by atoms with E-state index in [0.717, 1.165) is 34.3 Å². The molecule has 15 heavy (non-hydrogen) atoms. The zero-order valence-electron chi connectivity index (χ0n) is 8.16. The fraction of sp³-hybridized carbons (Fsp3) is 0.364. The van der Waals surface area contributed by atoms with Gasteiger partial charge in [-0.05, 0) is 31.0 Å². The maximum atomic E-state index is 5.74. The standard InChI is InChI=1S/C11H11BrN2O/c12-7-1-2-9-8(5-7)14-10(15-9)11(6-13)3-4-11/h1-2,5H,3-4,6,13H2. The molecule has 3 rings (SSSR count). The van der Waals surface area contributed by atoms with Gasteiger partial charge in [0.2, 0.25) is 5.89 Å². The predicted octanol–water partition coefficient (Wildman–Crippen LogP) is 2.58. The van der Waals surface area contributed by atoms with Gasteiger partial charge in [0.25, 0.3) is 0 Å². The van der Waals surface area contributed by atoms with Crippen LogP contribution < -0.4 is 5.73 Å². The maximum Gasteiger partial charge on any atom is 0.202 e. The number of nitrogens with zero attached hydrogens (tertiary/aromatic N) is 1. The summed E-state index contributed by atoms with van der Waals surface area (Å²) < 4.78 is 6.75. The molecule has 3 nitrogen and oxygen atoms in total. The molecule has 1 aliphatic carbocycles. The van der Waals surface area contributed by atoms with Gasteiger partial charge in [0.05, 0.1) is 5.41 Å². The summed E-state index contributed by atoms with van der Waals surface area (Å²) in [5.74, 6) is 0.804. The fourth-order valence-electron chi connectivity index (χ4n) is 1.78. The van der Waals surface area contributed by atoms with Crippen LogP contribution in [0.1, 0.15) is 18.7 Å². The van der Waals surface area contributed by atoms with Gasteiger partial charge >= 0.3 is 0 Å². The Labute approximate surface area is 95.8 Å². The molecule has 0 amide bonds. The normalized spacial score (nSPS) is 18.3. The van der Waals surface area contributed by atoms with E-state index in [4.69, 9.17) is 10.2 Å². The lowest BCUT2D eigenvalue weighted by atomic mass is 10.1. The third kappa shape index (κ3) is 1.40. The van der Waals surface area contributed by atoms with Gasteiger partial charge in [-0.15, -0.1) is 0 Å². The molecule has 1 aromatic carbocycles. The van der Waals surface area contributed by atoms with Crippen LogP contribution in [0.15, 0.2) is 27.1 Å². The Morgan fingerprint density at radius 2 is 2.27 bits per heavy atom. The molecule has 0 unspecified atom stereocenters. The summed E-state index contributed by atoms with van der Waals surface area (Å²) in [6.07, 6.45) is 2.19. The number of fused-ring (bicyclic) bond motifs is 1. The van der Waals surface area contributed by atoms with Crippen molar-refractivity contribution in [2.75, 3.05) is 6.54 Å². The molecule has 1 aliphatic rings. The van der Waals surface area contributed by atoms with Crippen molar-refractivity contribution in [2.45, 2.75) is 18.3 Å². The van der Waals surface area contributed by atoms with Crippen LogP contribution >= 0.6 is 15.9 Å². The number of nitrogens with two attached hydrogens (primary N) is 1. The number of hydrogen-bond acceptors (Lipinski definition) is 3. The molecule has 2 aromatic rings. The molecule has 0 atom stereocenters. The molecule has 4 heteroatoms. The van der Waals surface area contributed by atoms with Gasteiger partial charge in [0.1, 0.15) is 5.52 Å². The van der Waals surface area contributed by atoms with Crippen LogP contribution in [0, 0.1) is 0 Å². The second-order valence-corrected chi connectivity index (χ2v) is 5.03. The zero-order valence-corrected chi connectivity index (χ0v) is 9.75. The Morgan fingerprint density at radius 1 is 1.47 bits per heavy atom. The van der Waals surface area contributed by atoms with E-state index in [1.807, 2.05) is 18.2 Å². The minimum absolute atomic E-state index is 0.0332. The molecule has 1 heterocycles. The van der Waals surface area contributed by atoms with Gasteiger partial charge < -0.3 is 10.2 Å². The van der Waals surface area contributed by atoms with E-state index in [1.165, 1.54) is 0 Å². The molecular formula is C11H11BrN2O. The molecule has 0 bridgehead atoms. The Morgan fingerprint density at radius 3 is 2.93 bits per heavy atom. The van der Waals surface area contributed by atoms with E-state index in [0.29, 0.717) is 6.54 Å². The van der Waals surface area contributed by atoms with Crippen LogP contribution in [-0.4, -0.2) is 11.5 Å². The smallest absolute Gasteiger partial charge is 0.202 e. The maximum absolute atomic E-state index is 5.74. The molecule has 0 saturated heterocycles. The second-order valence-electron chi connectivity index (χ2n) is 4.12. The monoisotopic (exact) mass is 266 g/mol. The van der Waals surface area contributed by atoms with Crippen LogP contribution in [-0.2, 0) is 5.41 Å². The predicted molar refractivity (Wildman–Crippen MR) is 61.7 cm³/mol. The zero-order chi connectivity index (χ0) is 10.5. The number of rotatable bonds is 2. The van der Waals surface area contributed by atoms with Crippen molar-refractivity contribution in [3.8, 4) is 0 Å². The van der Waals surface area contributed by atoms with Crippen LogP contribution in [0.4, 0.5) is 0 Å². The average molecular weight is 267 g/mol. The Bertz CT molecular complexity index is 516. The summed E-state index contributed by atoms with van der Waals surface area (Å²) in [6.45, 7) is 0.626. The van der Waals surface area contributed by atoms with E-state index in [2.05, 4.69) is 20.9 Å². The second kappa shape index (κ2) is 3.06. The van der Waals surface area contributed by atoms with E-state index < -0.39 is 0 Å². The van der Waals surface area contributed by atoms with Gasteiger partial charge in [0, 0.05) is 11.0 Å². The first-order valence-corrected chi connectivity index (χ1v) is 5.79. The minimum atomic E-state index is 0.0332. The van der Waals surface area contributed by atoms with Crippen LogP contribution in [0.3, 0.4) is 0 Å². The summed E-state index contributed by atoms with van der Waals surface area (Å²) >= 11 is 3.42. The van der Waals surface area contributed by atoms with Crippen molar-refractivity contribution in [1.29, 1.82) is 0 Å². The Hall–Kier alpha value is -0.870. The van der Waals surface area contributed by atoms with Gasteiger partial charge in [-0.1, -0.05) is 15.9 Å². The number of benzene rings is 1. The fourth-order valence-corrected chi connectivity index (χ4v) is 2.13. The molecule has 1 fully saturated rings. The lowest BCUT2D eigenvalue weighted by Gasteiger charge is -2.04. The van der Waals surface area contributed by atoms with Gasteiger partial charge in [-0.3, -0.25) is 0 Å². The summed E-state index contributed by atoms with van der Waals surface area (Å²) in [4.78, 5) is 4.50. The van der Waals surface area contributed by atoms with Gasteiger partial charge in [-0.2, -0.15) is 0 Å². The molecule has 0 radical (unpaired) electrons. The van der Waals surface area contributed by atoms with Crippen molar-refractivity contribution >= 4 is 27.0 Å². The highest BCUT2D eigenvalue weighted by atomic mass is 79.9. The van der Waals surface area contributed by atoms with Crippen molar-refractivity contribution in [2.24, 2.45) is 5.73 Å². The van der Waals surface area contributed by atoms with E-state index in [1.54, 1.807) is 0 Å². The van der Waals surface area contributed by atoms with E-state index in [9.17, 15) is 0 Å². The van der Waals surface area contributed by atoms with Crippen molar-refractivity contribution < 1.29 is 4.42 Å². The molecule has 1 saturated carbocycles. The number of hydrogen-bond donors (Lipinski definition) is 1. The van der Waals surface area contributed by atoms with Crippen molar-refractivity contribution in [3.05, 3.63) is 28.6 Å². The number of halogens is 1. The summed E-state index contributed by atoms with van der Waals surface area (Å²) in [6, 6.07) is 5.86. The first kappa shape index (κ1) is 9.36. The van der Waals surface area contributed by atoms with Crippen molar-refractivity contribution in [1.82, 2.24) is 4.98 Å². The van der Waals surface area contributed by atoms with E-state index in [-0.39, 0.29) is 5.41 Å². The molecular weight excluding hydrogens is 256 g/mol. The van der Waals surface area contributed by atoms with Crippen LogP contribution in [0.5, 0.6) is 0 Å². The number of aromatic nitrogens is 1. The van der Waals surface area contributed by atoms with Crippen LogP contribution in [0.25, 0.3) is 11.1 Å². The Balaban J connectivity index is 2.14. The SMILES string of the molecule is NCC1(c2nc3cc(Br)ccc3o2)CC1. The van der Waals surface area contributed by atoms with E-state index >= 15 is 0 Å². The quantitative estimate of drug-likeness (QED) is 0.909. The highest BCUT2D eigenvalue weighted by Gasteiger charge is 2.47. The molecule has 0 spiro atoms. The first-order valence-electron chi connectivity index (χ1n) is 5.00. The lowest BCUT2D eigenvalue weighted by Crippen LogP contribution is -2.19. The highest BCUT2D eigenvalue weighted by Crippen LogP contribution is 2.47. The largest absolute Gasteiger partial charge is 0.440 e. The molecule has 1 aromatic heterocycles. The minimum Gasteiger partial charge on any atom is -0.440 e. The highest BCUT2D eigenvalue weighted by molar-refractivity contribution is 9.10. The third-order valence-electron chi connectivity index (χ3n) is 3.05. The van der Waals surface area contributed by atoms with Crippen LogP contribution in [0.2, 0.25) is 0 Å². The lowest BCUT2D eigenvalue weighted by molar-refractivity contribution is 0.462. The molecule has 2 N–H and O–H groups in total. The first-order chi connectivity index (χ1) is 7.23. The average Bonchev–Trinajstić information content (AvgIpc) is 2.93. The number of oxazole rings is 1. The molecule has 0 aliphatic heterocycles. The summed E-state index contributed by atoms with van der Waals surface area (Å²) in [7, 11) is 0. The third-order valence-corrected chi connectivity index (χ3v) is 3.54. The van der Waals surface area contributed by atoms with Gasteiger partial charge in [0.15, 0.2) is 5.58 Å². The molecule has 78 valence electrons. The summed E-state index contributed by atoms with van der Waals surface area (Å²) in [5.41, 5.74) is 7.52.